The average Bonchev–Trinajstić information content (AvgIpc) is 3.54. The van der Waals surface area contributed by atoms with Crippen molar-refractivity contribution in [2.45, 2.75) is 49.0 Å². The Morgan fingerprint density at radius 2 is 1.86 bits per heavy atom. The SMILES string of the molecule is CN=C(NC#N)C1(Nc2nc(N3CC4CN(c5ccc6c(c5)CC6)CC4C3)nc3c2S(=O)CC3)CCC1. The Kier molecular flexibility index (Phi) is 5.39. The molecule has 3 unspecified atom stereocenters. The van der Waals surface area contributed by atoms with E-state index >= 15 is 0 Å². The predicted octanol–water partition coefficient (Wildman–Crippen LogP) is 2.25. The fourth-order valence-electron chi connectivity index (χ4n) is 6.78. The van der Waals surface area contributed by atoms with Crippen LogP contribution in [-0.4, -0.2) is 64.5 Å². The quantitative estimate of drug-likeness (QED) is 0.270. The lowest BCUT2D eigenvalue weighted by atomic mass is 9.75. The second-order valence-corrected chi connectivity index (χ2v) is 12.6. The highest BCUT2D eigenvalue weighted by Crippen LogP contribution is 2.41. The molecule has 1 aromatic heterocycles. The molecule has 1 saturated carbocycles. The number of fused-ring (bicyclic) bond motifs is 3. The van der Waals surface area contributed by atoms with Gasteiger partial charge in [-0.15, -0.1) is 0 Å². The number of aliphatic imine (C=N–C) groups is 1. The Hall–Kier alpha value is -3.19. The molecule has 37 heavy (non-hydrogen) atoms. The predicted molar refractivity (Wildman–Crippen MR) is 145 cm³/mol. The first-order valence-corrected chi connectivity index (χ1v) is 14.7. The molecular formula is C27H32N8OS. The van der Waals surface area contributed by atoms with E-state index in [-0.39, 0.29) is 0 Å². The van der Waals surface area contributed by atoms with Crippen LogP contribution in [-0.2, 0) is 30.1 Å². The zero-order chi connectivity index (χ0) is 25.1. The van der Waals surface area contributed by atoms with Crippen molar-refractivity contribution in [2.24, 2.45) is 16.8 Å². The highest BCUT2D eigenvalue weighted by atomic mass is 32.2. The summed E-state index contributed by atoms with van der Waals surface area (Å²) in [5.74, 6) is 3.76. The van der Waals surface area contributed by atoms with Crippen LogP contribution in [0.3, 0.4) is 0 Å². The minimum atomic E-state index is -1.12. The van der Waals surface area contributed by atoms with Gasteiger partial charge in [-0.25, -0.2) is 4.98 Å². The summed E-state index contributed by atoms with van der Waals surface area (Å²) in [6, 6.07) is 7.00. The zero-order valence-electron chi connectivity index (χ0n) is 21.2. The normalized spacial score (nSPS) is 27.0. The van der Waals surface area contributed by atoms with E-state index in [0.29, 0.717) is 35.7 Å². The van der Waals surface area contributed by atoms with E-state index in [1.807, 2.05) is 6.19 Å². The molecule has 3 fully saturated rings. The maximum absolute atomic E-state index is 12.9. The van der Waals surface area contributed by atoms with Crippen LogP contribution in [0.5, 0.6) is 0 Å². The maximum Gasteiger partial charge on any atom is 0.227 e. The van der Waals surface area contributed by atoms with E-state index in [1.54, 1.807) is 7.05 Å². The van der Waals surface area contributed by atoms with Gasteiger partial charge in [0.15, 0.2) is 6.19 Å². The Morgan fingerprint density at radius 3 is 2.49 bits per heavy atom. The summed E-state index contributed by atoms with van der Waals surface area (Å²) in [6.45, 7) is 4.02. The average molecular weight is 517 g/mol. The molecule has 5 aliphatic rings. The van der Waals surface area contributed by atoms with Crippen LogP contribution in [0, 0.1) is 23.3 Å². The number of nitrogens with zero attached hydrogens (tertiary/aromatic N) is 6. The summed E-state index contributed by atoms with van der Waals surface area (Å²) in [4.78, 5) is 19.9. The standard InChI is InChI=1S/C27H32N8OS/c1-29-25(30-16-28)27(8-2-9-27)33-24-23-22(7-10-37(23)36)31-26(32-24)35-14-19-12-34(13-20(19)15-35)21-6-5-17-3-4-18(17)11-21/h5-6,11,19-20H,2-4,7-10,12-15H2,1H3,(H,29,30)(H,31,32,33). The molecular weight excluding hydrogens is 484 g/mol. The third-order valence-electron chi connectivity index (χ3n) is 9.08. The number of aryl methyl sites for hydroxylation is 3. The van der Waals surface area contributed by atoms with E-state index in [4.69, 9.17) is 9.97 Å². The third-order valence-corrected chi connectivity index (χ3v) is 10.5. The highest BCUT2D eigenvalue weighted by Gasteiger charge is 2.45. The first-order chi connectivity index (χ1) is 18.1. The summed E-state index contributed by atoms with van der Waals surface area (Å²) in [7, 11) is 0.579. The lowest BCUT2D eigenvalue weighted by molar-refractivity contribution is 0.365. The van der Waals surface area contributed by atoms with Crippen LogP contribution >= 0.6 is 0 Å². The number of nitriles is 1. The number of hydrogen-bond donors (Lipinski definition) is 2. The number of benzene rings is 1. The van der Waals surface area contributed by atoms with Gasteiger partial charge in [0.2, 0.25) is 5.95 Å². The number of amidine groups is 1. The first-order valence-electron chi connectivity index (χ1n) is 13.4. The van der Waals surface area contributed by atoms with Gasteiger partial charge in [0, 0.05) is 62.9 Å². The Morgan fingerprint density at radius 1 is 1.11 bits per heavy atom. The Balaban J connectivity index is 1.13. The summed E-state index contributed by atoms with van der Waals surface area (Å²) in [5.41, 5.74) is 4.82. The zero-order valence-corrected chi connectivity index (χ0v) is 22.0. The molecule has 2 aromatic rings. The molecule has 3 atom stereocenters. The van der Waals surface area contributed by atoms with Crippen LogP contribution in [0.15, 0.2) is 28.1 Å². The number of rotatable bonds is 5. The van der Waals surface area contributed by atoms with Crippen LogP contribution in [0.2, 0.25) is 0 Å². The molecule has 9 nitrogen and oxygen atoms in total. The fourth-order valence-corrected chi connectivity index (χ4v) is 8.08. The van der Waals surface area contributed by atoms with Crippen molar-refractivity contribution >= 4 is 34.1 Å². The molecule has 2 N–H and O–H groups in total. The van der Waals surface area contributed by atoms with Crippen molar-refractivity contribution < 1.29 is 4.21 Å². The smallest absolute Gasteiger partial charge is 0.227 e. The van der Waals surface area contributed by atoms with Crippen LogP contribution in [0.25, 0.3) is 0 Å². The summed E-state index contributed by atoms with van der Waals surface area (Å²) < 4.78 is 12.9. The number of nitrogens with one attached hydrogen (secondary N) is 2. The van der Waals surface area contributed by atoms with Crippen LogP contribution < -0.4 is 20.4 Å². The molecule has 2 saturated heterocycles. The van der Waals surface area contributed by atoms with Gasteiger partial charge in [0.05, 0.1) is 22.0 Å². The molecule has 1 aromatic carbocycles. The molecule has 0 bridgehead atoms. The second kappa shape index (κ2) is 8.69. The molecule has 10 heteroatoms. The number of hydrogen-bond acceptors (Lipinski definition) is 8. The number of aromatic nitrogens is 2. The van der Waals surface area contributed by atoms with Crippen molar-refractivity contribution in [2.75, 3.05) is 54.1 Å². The minimum absolute atomic E-state index is 0.477. The molecule has 4 heterocycles. The van der Waals surface area contributed by atoms with Gasteiger partial charge in [-0.3, -0.25) is 14.5 Å². The number of anilines is 3. The van der Waals surface area contributed by atoms with Crippen molar-refractivity contribution in [1.29, 1.82) is 5.26 Å². The Bertz CT molecular complexity index is 1350. The largest absolute Gasteiger partial charge is 0.371 e. The van der Waals surface area contributed by atoms with Crippen molar-refractivity contribution in [1.82, 2.24) is 15.3 Å². The van der Waals surface area contributed by atoms with Gasteiger partial charge in [-0.2, -0.15) is 10.2 Å². The highest BCUT2D eigenvalue weighted by molar-refractivity contribution is 7.85. The second-order valence-electron chi connectivity index (χ2n) is 11.1. The van der Waals surface area contributed by atoms with Crippen LogP contribution in [0.1, 0.15) is 36.1 Å². The van der Waals surface area contributed by atoms with Crippen LogP contribution in [0.4, 0.5) is 17.5 Å². The summed E-state index contributed by atoms with van der Waals surface area (Å²) in [6.07, 6.45) is 7.90. The molecule has 7 rings (SSSR count). The lowest BCUT2D eigenvalue weighted by Gasteiger charge is -2.43. The topological polar surface area (TPSA) is 110 Å². The molecule has 0 amide bonds. The van der Waals surface area contributed by atoms with E-state index in [2.05, 4.69) is 43.6 Å². The van der Waals surface area contributed by atoms with E-state index in [1.165, 1.54) is 29.7 Å². The van der Waals surface area contributed by atoms with Gasteiger partial charge in [0.1, 0.15) is 16.5 Å². The van der Waals surface area contributed by atoms with Gasteiger partial charge < -0.3 is 15.1 Å². The summed E-state index contributed by atoms with van der Waals surface area (Å²) in [5, 5.41) is 15.6. The van der Waals surface area contributed by atoms with Gasteiger partial charge in [-0.05, 0) is 55.4 Å². The molecule has 0 spiro atoms. The first kappa shape index (κ1) is 23.0. The molecule has 192 valence electrons. The third kappa shape index (κ3) is 3.69. The maximum atomic E-state index is 12.9. The van der Waals surface area contributed by atoms with E-state index in [9.17, 15) is 9.47 Å². The van der Waals surface area contributed by atoms with Crippen molar-refractivity contribution in [3.05, 3.63) is 35.0 Å². The Labute approximate surface area is 219 Å². The van der Waals surface area contributed by atoms with E-state index in [0.717, 1.165) is 62.0 Å². The van der Waals surface area contributed by atoms with Crippen molar-refractivity contribution in [3.63, 3.8) is 0 Å². The lowest BCUT2D eigenvalue weighted by Crippen LogP contribution is -2.56. The molecule has 2 aliphatic carbocycles. The monoisotopic (exact) mass is 516 g/mol. The van der Waals surface area contributed by atoms with Gasteiger partial charge in [-0.1, -0.05) is 6.07 Å². The minimum Gasteiger partial charge on any atom is -0.371 e. The van der Waals surface area contributed by atoms with Crippen molar-refractivity contribution in [3.8, 4) is 6.19 Å². The fraction of sp³-hybridized carbons (Fsp3) is 0.556. The molecule has 3 aliphatic heterocycles. The summed E-state index contributed by atoms with van der Waals surface area (Å²) >= 11 is 0. The van der Waals surface area contributed by atoms with Gasteiger partial charge >= 0.3 is 0 Å². The molecule has 0 radical (unpaired) electrons. The van der Waals surface area contributed by atoms with Gasteiger partial charge in [0.25, 0.3) is 0 Å². The van der Waals surface area contributed by atoms with E-state index < -0.39 is 16.3 Å².